The molecule has 0 bridgehead atoms. The Kier molecular flexibility index (Phi) is 4.98. The van der Waals surface area contributed by atoms with E-state index in [1.165, 1.54) is 16.7 Å². The lowest BCUT2D eigenvalue weighted by Gasteiger charge is -2.32. The molecule has 0 spiro atoms. The second kappa shape index (κ2) is 7.16. The summed E-state index contributed by atoms with van der Waals surface area (Å²) in [5.41, 5.74) is 6.14. The second-order valence-corrected chi connectivity index (χ2v) is 7.01. The Morgan fingerprint density at radius 1 is 1.21 bits per heavy atom. The number of pyridine rings is 1. The quantitative estimate of drug-likeness (QED) is 0.855. The van der Waals surface area contributed by atoms with Crippen molar-refractivity contribution in [2.45, 2.75) is 46.0 Å². The average molecular weight is 322 g/mol. The Labute approximate surface area is 144 Å². The van der Waals surface area contributed by atoms with Gasteiger partial charge < -0.3 is 4.90 Å². The molecule has 0 radical (unpaired) electrons. The molecule has 3 nitrogen and oxygen atoms in total. The fourth-order valence-corrected chi connectivity index (χ4v) is 3.64. The van der Waals surface area contributed by atoms with Gasteiger partial charge in [0, 0.05) is 37.3 Å². The minimum Gasteiger partial charge on any atom is -0.342 e. The number of carbonyl (C=O) groups excluding carboxylic acids is 1. The Bertz CT molecular complexity index is 738. The van der Waals surface area contributed by atoms with Gasteiger partial charge in [0.05, 0.1) is 0 Å². The molecular weight excluding hydrogens is 296 g/mol. The molecule has 2 aromatic rings. The van der Waals surface area contributed by atoms with Gasteiger partial charge in [0.1, 0.15) is 0 Å². The molecule has 1 aliphatic rings. The zero-order valence-corrected chi connectivity index (χ0v) is 14.9. The molecule has 0 aliphatic carbocycles. The van der Waals surface area contributed by atoms with E-state index >= 15 is 0 Å². The fraction of sp³-hybridized carbons (Fsp3) is 0.429. The third-order valence-corrected chi connectivity index (χ3v) is 4.81. The second-order valence-electron chi connectivity index (χ2n) is 7.01. The van der Waals surface area contributed by atoms with E-state index < -0.39 is 0 Å². The van der Waals surface area contributed by atoms with Gasteiger partial charge in [0.2, 0.25) is 5.91 Å². The molecule has 2 heterocycles. The molecule has 126 valence electrons. The van der Waals surface area contributed by atoms with Crippen molar-refractivity contribution in [3.8, 4) is 0 Å². The van der Waals surface area contributed by atoms with Crippen LogP contribution < -0.4 is 0 Å². The van der Waals surface area contributed by atoms with Crippen LogP contribution in [-0.4, -0.2) is 28.9 Å². The summed E-state index contributed by atoms with van der Waals surface area (Å²) >= 11 is 0. The number of hydrogen-bond donors (Lipinski definition) is 0. The van der Waals surface area contributed by atoms with Crippen molar-refractivity contribution < 1.29 is 4.79 Å². The minimum absolute atomic E-state index is 0.173. The molecule has 1 saturated heterocycles. The molecule has 1 aromatic heterocycles. The molecule has 1 aliphatic heterocycles. The van der Waals surface area contributed by atoms with Crippen molar-refractivity contribution >= 4 is 5.91 Å². The van der Waals surface area contributed by atoms with E-state index in [1.807, 2.05) is 4.90 Å². The number of aryl methyl sites for hydroxylation is 2. The standard InChI is InChI=1S/C21H26N2O/c1-15-6-4-7-18(10-15)12-19-11-16(2)22-21(13-19)20-8-5-9-23(14-20)17(3)24/h4,6-7,10-11,13,20H,5,8-9,12,14H2,1-3H3/t20-/m0/s1. The lowest BCUT2D eigenvalue weighted by atomic mass is 9.92. The van der Waals surface area contributed by atoms with E-state index in [0.717, 1.165) is 43.7 Å². The van der Waals surface area contributed by atoms with Crippen LogP contribution in [0.3, 0.4) is 0 Å². The number of aromatic nitrogens is 1. The van der Waals surface area contributed by atoms with Crippen molar-refractivity contribution in [3.63, 3.8) is 0 Å². The highest BCUT2D eigenvalue weighted by molar-refractivity contribution is 5.73. The summed E-state index contributed by atoms with van der Waals surface area (Å²) in [5.74, 6) is 0.533. The van der Waals surface area contributed by atoms with E-state index in [9.17, 15) is 4.79 Å². The number of carbonyl (C=O) groups is 1. The van der Waals surface area contributed by atoms with Crippen LogP contribution in [0.4, 0.5) is 0 Å². The first-order valence-corrected chi connectivity index (χ1v) is 8.80. The maximum atomic E-state index is 11.7. The largest absolute Gasteiger partial charge is 0.342 e. The van der Waals surface area contributed by atoms with Gasteiger partial charge in [-0.15, -0.1) is 0 Å². The van der Waals surface area contributed by atoms with Gasteiger partial charge in [-0.05, 0) is 56.4 Å². The van der Waals surface area contributed by atoms with E-state index in [2.05, 4.69) is 50.2 Å². The molecule has 24 heavy (non-hydrogen) atoms. The Balaban J connectivity index is 1.82. The highest BCUT2D eigenvalue weighted by atomic mass is 16.2. The highest BCUT2D eigenvalue weighted by Gasteiger charge is 2.24. The third-order valence-electron chi connectivity index (χ3n) is 4.81. The predicted octanol–water partition coefficient (Wildman–Crippen LogP) is 4.02. The lowest BCUT2D eigenvalue weighted by Crippen LogP contribution is -2.37. The molecule has 1 atom stereocenters. The van der Waals surface area contributed by atoms with Crippen LogP contribution in [0, 0.1) is 13.8 Å². The van der Waals surface area contributed by atoms with Crippen LogP contribution >= 0.6 is 0 Å². The van der Waals surface area contributed by atoms with Gasteiger partial charge in [-0.25, -0.2) is 0 Å². The first-order chi connectivity index (χ1) is 11.5. The first-order valence-electron chi connectivity index (χ1n) is 8.80. The summed E-state index contributed by atoms with van der Waals surface area (Å²) in [5, 5.41) is 0. The van der Waals surface area contributed by atoms with Crippen molar-refractivity contribution in [3.05, 3.63) is 64.5 Å². The van der Waals surface area contributed by atoms with Crippen LogP contribution in [0.15, 0.2) is 36.4 Å². The van der Waals surface area contributed by atoms with Gasteiger partial charge in [-0.1, -0.05) is 29.8 Å². The summed E-state index contributed by atoms with van der Waals surface area (Å²) in [6, 6.07) is 13.1. The number of amides is 1. The van der Waals surface area contributed by atoms with Crippen LogP contribution in [0.2, 0.25) is 0 Å². The summed E-state index contributed by atoms with van der Waals surface area (Å²) in [7, 11) is 0. The van der Waals surface area contributed by atoms with Crippen LogP contribution in [0.25, 0.3) is 0 Å². The number of piperidine rings is 1. The van der Waals surface area contributed by atoms with Crippen LogP contribution in [0.1, 0.15) is 53.8 Å². The SMILES string of the molecule is CC(=O)N1CCC[C@H](c2cc(Cc3cccc(C)c3)cc(C)n2)C1. The lowest BCUT2D eigenvalue weighted by molar-refractivity contribution is -0.130. The molecule has 0 N–H and O–H groups in total. The van der Waals surface area contributed by atoms with Gasteiger partial charge in [0.15, 0.2) is 0 Å². The van der Waals surface area contributed by atoms with Crippen molar-refractivity contribution in [1.29, 1.82) is 0 Å². The first kappa shape index (κ1) is 16.7. The number of likely N-dealkylation sites (tertiary alicyclic amines) is 1. The summed E-state index contributed by atoms with van der Waals surface area (Å²) in [6.45, 7) is 7.54. The number of rotatable bonds is 3. The molecule has 3 rings (SSSR count). The zero-order valence-electron chi connectivity index (χ0n) is 14.9. The molecular formula is C21H26N2O. The number of nitrogens with zero attached hydrogens (tertiary/aromatic N) is 2. The number of benzene rings is 1. The van der Waals surface area contributed by atoms with E-state index in [4.69, 9.17) is 4.98 Å². The minimum atomic E-state index is 0.173. The van der Waals surface area contributed by atoms with Crippen molar-refractivity contribution in [1.82, 2.24) is 9.88 Å². The van der Waals surface area contributed by atoms with Crippen LogP contribution in [-0.2, 0) is 11.2 Å². The van der Waals surface area contributed by atoms with Gasteiger partial charge >= 0.3 is 0 Å². The normalized spacial score (nSPS) is 17.8. The van der Waals surface area contributed by atoms with E-state index in [0.29, 0.717) is 5.92 Å². The predicted molar refractivity (Wildman–Crippen MR) is 97.2 cm³/mol. The maximum absolute atomic E-state index is 11.7. The van der Waals surface area contributed by atoms with Crippen molar-refractivity contribution in [2.75, 3.05) is 13.1 Å². The van der Waals surface area contributed by atoms with Crippen molar-refractivity contribution in [2.24, 2.45) is 0 Å². The summed E-state index contributed by atoms with van der Waals surface area (Å²) in [4.78, 5) is 18.4. The molecule has 3 heteroatoms. The van der Waals surface area contributed by atoms with Crippen LogP contribution in [0.5, 0.6) is 0 Å². The summed E-state index contributed by atoms with van der Waals surface area (Å²) in [6.07, 6.45) is 3.11. The highest BCUT2D eigenvalue weighted by Crippen LogP contribution is 2.27. The molecule has 1 amide bonds. The average Bonchev–Trinajstić information content (AvgIpc) is 2.54. The van der Waals surface area contributed by atoms with Gasteiger partial charge in [0.25, 0.3) is 0 Å². The van der Waals surface area contributed by atoms with E-state index in [1.54, 1.807) is 6.92 Å². The molecule has 0 saturated carbocycles. The van der Waals surface area contributed by atoms with E-state index in [-0.39, 0.29) is 5.91 Å². The summed E-state index contributed by atoms with van der Waals surface area (Å²) < 4.78 is 0. The molecule has 1 aromatic carbocycles. The Morgan fingerprint density at radius 3 is 2.79 bits per heavy atom. The topological polar surface area (TPSA) is 33.2 Å². The Morgan fingerprint density at radius 2 is 2.04 bits per heavy atom. The van der Waals surface area contributed by atoms with Gasteiger partial charge in [-0.2, -0.15) is 0 Å². The monoisotopic (exact) mass is 322 g/mol. The molecule has 1 fully saturated rings. The number of hydrogen-bond acceptors (Lipinski definition) is 2. The smallest absolute Gasteiger partial charge is 0.219 e. The third kappa shape index (κ3) is 4.02. The fourth-order valence-electron chi connectivity index (χ4n) is 3.64. The van der Waals surface area contributed by atoms with Gasteiger partial charge in [-0.3, -0.25) is 9.78 Å². The Hall–Kier alpha value is -2.16. The zero-order chi connectivity index (χ0) is 17.1. The maximum Gasteiger partial charge on any atom is 0.219 e. The molecule has 0 unspecified atom stereocenters.